The molecule has 12 heteroatoms. The summed E-state index contributed by atoms with van der Waals surface area (Å²) in [4.78, 5) is 38.7. The molecule has 32 heavy (non-hydrogen) atoms. The van der Waals surface area contributed by atoms with Crippen LogP contribution in [0.15, 0.2) is 51.8 Å². The minimum Gasteiger partial charge on any atom is -0.468 e. The summed E-state index contributed by atoms with van der Waals surface area (Å²) in [5.41, 5.74) is 1.86. The summed E-state index contributed by atoms with van der Waals surface area (Å²) in [7, 11) is -2.23. The molecule has 2 amide bonds. The lowest BCUT2D eigenvalue weighted by Crippen LogP contribution is -2.35. The average molecular weight is 475 g/mol. The number of fused-ring (bicyclic) bond motifs is 3. The molecule has 0 fully saturated rings. The quantitative estimate of drug-likeness (QED) is 0.622. The third-order valence-electron chi connectivity index (χ3n) is 4.74. The summed E-state index contributed by atoms with van der Waals surface area (Å²) in [5, 5.41) is 5.55. The molecule has 2 aromatic rings. The fourth-order valence-corrected chi connectivity index (χ4v) is 5.44. The maximum atomic E-state index is 12.7. The highest BCUT2D eigenvalue weighted by Crippen LogP contribution is 2.42. The van der Waals surface area contributed by atoms with Crippen molar-refractivity contribution < 1.29 is 27.5 Å². The second-order valence-electron chi connectivity index (χ2n) is 6.89. The Labute approximate surface area is 188 Å². The van der Waals surface area contributed by atoms with Gasteiger partial charge in [0.2, 0.25) is 0 Å². The van der Waals surface area contributed by atoms with Gasteiger partial charge in [-0.05, 0) is 48.2 Å². The molecule has 0 aliphatic carbocycles. The predicted molar refractivity (Wildman–Crippen MR) is 120 cm³/mol. The minimum absolute atomic E-state index is 0.0533. The molecular formula is C20H18N4O6S2. The normalized spacial score (nSPS) is 15.8. The summed E-state index contributed by atoms with van der Waals surface area (Å²) >= 11 is 1.20. The Morgan fingerprint density at radius 3 is 2.69 bits per heavy atom. The number of amides is 2. The lowest BCUT2D eigenvalue weighted by atomic mass is 10.1. The monoisotopic (exact) mass is 474 g/mol. The van der Waals surface area contributed by atoms with E-state index in [2.05, 4.69) is 19.8 Å². The van der Waals surface area contributed by atoms with Crippen molar-refractivity contribution >= 4 is 56.1 Å². The number of methoxy groups -OCH3 is 1. The van der Waals surface area contributed by atoms with E-state index in [4.69, 9.17) is 0 Å². The molecule has 0 aromatic heterocycles. The van der Waals surface area contributed by atoms with Gasteiger partial charge in [0.1, 0.15) is 6.54 Å². The zero-order chi connectivity index (χ0) is 22.9. The number of nitrogens with one attached hydrogen (secondary N) is 2. The Balaban J connectivity index is 1.47. The number of carbonyl (C=O) groups is 3. The largest absolute Gasteiger partial charge is 0.468 e. The van der Waals surface area contributed by atoms with E-state index in [9.17, 15) is 22.8 Å². The molecule has 2 heterocycles. The van der Waals surface area contributed by atoms with Gasteiger partial charge < -0.3 is 20.3 Å². The number of nitrogens with zero attached hydrogens (tertiary/aromatic N) is 2. The molecule has 0 unspecified atom stereocenters. The highest BCUT2D eigenvalue weighted by molar-refractivity contribution is 8.15. The summed E-state index contributed by atoms with van der Waals surface area (Å²) < 4.78 is 31.8. The van der Waals surface area contributed by atoms with E-state index in [0.717, 1.165) is 10.6 Å². The summed E-state index contributed by atoms with van der Waals surface area (Å²) in [6, 6.07) is 11.4. The molecule has 2 aliphatic heterocycles. The van der Waals surface area contributed by atoms with Crippen molar-refractivity contribution in [3.63, 3.8) is 0 Å². The van der Waals surface area contributed by atoms with Crippen LogP contribution in [0.3, 0.4) is 0 Å². The van der Waals surface area contributed by atoms with E-state index >= 15 is 0 Å². The van der Waals surface area contributed by atoms with Crippen molar-refractivity contribution in [2.24, 2.45) is 4.40 Å². The van der Waals surface area contributed by atoms with E-state index < -0.39 is 21.9 Å². The first-order chi connectivity index (χ1) is 15.3. The molecule has 0 bridgehead atoms. The first-order valence-electron chi connectivity index (χ1n) is 9.44. The number of hydrogen-bond acceptors (Lipinski definition) is 8. The first kappa shape index (κ1) is 21.8. The van der Waals surface area contributed by atoms with Crippen LogP contribution < -0.4 is 15.5 Å². The summed E-state index contributed by atoms with van der Waals surface area (Å²) in [5.74, 6) is -1.49. The second-order valence-corrected chi connectivity index (χ2v) is 9.65. The van der Waals surface area contributed by atoms with Crippen LogP contribution in [0.4, 0.5) is 11.4 Å². The fraction of sp³-hybridized carbons (Fsp3) is 0.200. The van der Waals surface area contributed by atoms with Crippen LogP contribution in [0.5, 0.6) is 0 Å². The van der Waals surface area contributed by atoms with Crippen LogP contribution >= 0.6 is 11.8 Å². The van der Waals surface area contributed by atoms with Gasteiger partial charge in [0.25, 0.3) is 21.8 Å². The molecule has 2 aliphatic rings. The Morgan fingerprint density at radius 1 is 1.12 bits per heavy atom. The molecule has 2 aromatic carbocycles. The van der Waals surface area contributed by atoms with Crippen molar-refractivity contribution in [2.45, 2.75) is 4.90 Å². The molecule has 0 saturated heterocycles. The Kier molecular flexibility index (Phi) is 5.89. The lowest BCUT2D eigenvalue weighted by molar-refractivity contribution is -0.139. The van der Waals surface area contributed by atoms with Crippen molar-refractivity contribution in [3.8, 4) is 0 Å². The third kappa shape index (κ3) is 4.60. The molecule has 0 saturated carbocycles. The minimum atomic E-state index is -3.46. The van der Waals surface area contributed by atoms with Crippen LogP contribution in [0, 0.1) is 0 Å². The second kappa shape index (κ2) is 8.63. The number of carbonyl (C=O) groups excluding carboxylic acids is 3. The third-order valence-corrected chi connectivity index (χ3v) is 7.04. The molecular weight excluding hydrogens is 456 g/mol. The number of esters is 1. The topological polar surface area (TPSA) is 134 Å². The molecule has 0 radical (unpaired) electrons. The van der Waals surface area contributed by atoms with Crippen LogP contribution in [0.2, 0.25) is 0 Å². The zero-order valence-corrected chi connectivity index (χ0v) is 18.5. The number of anilines is 2. The Morgan fingerprint density at radius 2 is 1.91 bits per heavy atom. The fourth-order valence-electron chi connectivity index (χ4n) is 3.14. The van der Waals surface area contributed by atoms with E-state index in [1.807, 2.05) is 4.90 Å². The number of thioether (sulfide) groups is 1. The molecule has 0 atom stereocenters. The van der Waals surface area contributed by atoms with Crippen LogP contribution in [0.1, 0.15) is 20.7 Å². The van der Waals surface area contributed by atoms with E-state index in [0.29, 0.717) is 23.0 Å². The molecule has 4 rings (SSSR count). The van der Waals surface area contributed by atoms with Gasteiger partial charge >= 0.3 is 5.97 Å². The SMILES string of the molecule is COC(=O)CNC(=O)c1cccc(NC(=O)c2ccc3c(c2)SC2=NS(=O)(=O)CCN23)c1. The number of ether oxygens (including phenoxy) is 1. The van der Waals surface area contributed by atoms with Gasteiger partial charge in [0, 0.05) is 28.3 Å². The highest BCUT2D eigenvalue weighted by atomic mass is 32.2. The smallest absolute Gasteiger partial charge is 0.325 e. The summed E-state index contributed by atoms with van der Waals surface area (Å²) in [6.07, 6.45) is 0. The Bertz CT molecular complexity index is 1260. The van der Waals surface area contributed by atoms with Gasteiger partial charge in [-0.1, -0.05) is 6.07 Å². The average Bonchev–Trinajstić information content (AvgIpc) is 3.12. The number of sulfonamides is 1. The molecule has 166 valence electrons. The van der Waals surface area contributed by atoms with Crippen molar-refractivity contribution in [2.75, 3.05) is 36.2 Å². The Hall–Kier alpha value is -3.38. The number of rotatable bonds is 5. The zero-order valence-electron chi connectivity index (χ0n) is 16.8. The maximum absolute atomic E-state index is 12.7. The molecule has 2 N–H and O–H groups in total. The van der Waals surface area contributed by atoms with Crippen molar-refractivity contribution in [3.05, 3.63) is 53.6 Å². The van der Waals surface area contributed by atoms with Gasteiger partial charge in [-0.2, -0.15) is 0 Å². The van der Waals surface area contributed by atoms with E-state index in [1.54, 1.807) is 36.4 Å². The molecule has 0 spiro atoms. The van der Waals surface area contributed by atoms with Gasteiger partial charge in [-0.3, -0.25) is 14.4 Å². The number of benzene rings is 2. The number of hydrogen-bond donors (Lipinski definition) is 2. The van der Waals surface area contributed by atoms with Crippen LogP contribution in [-0.2, 0) is 19.6 Å². The van der Waals surface area contributed by atoms with Crippen LogP contribution in [0.25, 0.3) is 0 Å². The van der Waals surface area contributed by atoms with Gasteiger partial charge in [0.05, 0.1) is 18.6 Å². The van der Waals surface area contributed by atoms with E-state index in [1.165, 1.54) is 24.9 Å². The standard InChI is InChI=1S/C20H18N4O6S2/c1-30-17(25)11-21-18(26)12-3-2-4-14(9-12)22-19(27)13-5-6-15-16(10-13)31-20-23-32(28,29)8-7-24(15)20/h2-6,9-10H,7-8,11H2,1H3,(H,21,26)(H,22,27). The van der Waals surface area contributed by atoms with Gasteiger partial charge in [-0.25, -0.2) is 8.42 Å². The predicted octanol–water partition coefficient (Wildman–Crippen LogP) is 1.45. The van der Waals surface area contributed by atoms with Gasteiger partial charge in [-0.15, -0.1) is 4.40 Å². The molecule has 10 nitrogen and oxygen atoms in total. The number of amidine groups is 1. The van der Waals surface area contributed by atoms with E-state index in [-0.39, 0.29) is 23.8 Å². The summed E-state index contributed by atoms with van der Waals surface area (Å²) in [6.45, 7) is 0.0554. The van der Waals surface area contributed by atoms with Crippen molar-refractivity contribution in [1.29, 1.82) is 0 Å². The van der Waals surface area contributed by atoms with Gasteiger partial charge in [0.15, 0.2) is 5.17 Å². The highest BCUT2D eigenvalue weighted by Gasteiger charge is 2.33. The maximum Gasteiger partial charge on any atom is 0.325 e. The van der Waals surface area contributed by atoms with Crippen molar-refractivity contribution in [1.82, 2.24) is 5.32 Å². The van der Waals surface area contributed by atoms with Crippen LogP contribution in [-0.4, -0.2) is 57.3 Å². The first-order valence-corrected chi connectivity index (χ1v) is 11.9. The lowest BCUT2D eigenvalue weighted by Gasteiger charge is -2.22.